The molecule has 2 unspecified atom stereocenters. The van der Waals surface area contributed by atoms with Crippen molar-refractivity contribution in [2.45, 2.75) is 44.1 Å². The van der Waals surface area contributed by atoms with Crippen LogP contribution in [0.2, 0.25) is 0 Å². The largest absolute Gasteiger partial charge is 0.347 e. The molecule has 94 valence electrons. The predicted molar refractivity (Wildman–Crippen MR) is 63.4 cm³/mol. The molecular weight excluding hydrogens is 204 g/mol. The molecule has 2 rings (SSSR count). The molecule has 0 aromatic heterocycles. The van der Waals surface area contributed by atoms with Gasteiger partial charge in [-0.25, -0.2) is 0 Å². The smallest absolute Gasteiger partial charge is 0.170 e. The van der Waals surface area contributed by atoms with E-state index in [0.717, 1.165) is 39.0 Å². The first-order valence-corrected chi connectivity index (χ1v) is 6.34. The number of nitrogens with zero attached hydrogens (tertiary/aromatic N) is 1. The van der Waals surface area contributed by atoms with Gasteiger partial charge in [0, 0.05) is 24.9 Å². The quantitative estimate of drug-likeness (QED) is 0.775. The molecule has 0 aromatic carbocycles. The zero-order valence-electron chi connectivity index (χ0n) is 10.7. The van der Waals surface area contributed by atoms with Gasteiger partial charge in [-0.3, -0.25) is 0 Å². The SMILES string of the molecule is CCNC1CCC2(CC1N(C)C)OCCO2. The highest BCUT2D eigenvalue weighted by atomic mass is 16.7. The van der Waals surface area contributed by atoms with Crippen LogP contribution >= 0.6 is 0 Å². The van der Waals surface area contributed by atoms with Crippen molar-refractivity contribution in [1.29, 1.82) is 0 Å². The molecule has 0 radical (unpaired) electrons. The molecule has 1 saturated heterocycles. The number of nitrogens with one attached hydrogen (secondary N) is 1. The van der Waals surface area contributed by atoms with Crippen LogP contribution in [-0.4, -0.2) is 56.6 Å². The van der Waals surface area contributed by atoms with Crippen molar-refractivity contribution in [3.05, 3.63) is 0 Å². The molecule has 4 heteroatoms. The van der Waals surface area contributed by atoms with Gasteiger partial charge in [-0.1, -0.05) is 6.92 Å². The molecule has 1 spiro atoms. The lowest BCUT2D eigenvalue weighted by atomic mass is 9.85. The second kappa shape index (κ2) is 5.00. The van der Waals surface area contributed by atoms with Crippen LogP contribution in [0.5, 0.6) is 0 Å². The summed E-state index contributed by atoms with van der Waals surface area (Å²) >= 11 is 0. The standard InChI is InChI=1S/C12H24N2O2/c1-4-13-10-5-6-12(15-7-8-16-12)9-11(10)14(2)3/h10-11,13H,4-9H2,1-3H3. The summed E-state index contributed by atoms with van der Waals surface area (Å²) in [6.45, 7) is 4.71. The fraction of sp³-hybridized carbons (Fsp3) is 1.00. The summed E-state index contributed by atoms with van der Waals surface area (Å²) < 4.78 is 11.6. The Kier molecular flexibility index (Phi) is 3.85. The maximum absolute atomic E-state index is 5.81. The molecule has 16 heavy (non-hydrogen) atoms. The third-order valence-corrected chi connectivity index (χ3v) is 3.76. The molecular formula is C12H24N2O2. The molecule has 0 amide bonds. The zero-order valence-corrected chi connectivity index (χ0v) is 10.7. The van der Waals surface area contributed by atoms with Crippen LogP contribution in [0.4, 0.5) is 0 Å². The Hall–Kier alpha value is -0.160. The van der Waals surface area contributed by atoms with Gasteiger partial charge < -0.3 is 19.7 Å². The van der Waals surface area contributed by atoms with Crippen molar-refractivity contribution in [1.82, 2.24) is 10.2 Å². The van der Waals surface area contributed by atoms with Crippen molar-refractivity contribution in [3.63, 3.8) is 0 Å². The average molecular weight is 228 g/mol. The summed E-state index contributed by atoms with van der Waals surface area (Å²) in [6, 6.07) is 1.07. The molecule has 2 aliphatic rings. The van der Waals surface area contributed by atoms with Gasteiger partial charge in [-0.05, 0) is 27.1 Å². The van der Waals surface area contributed by atoms with Gasteiger partial charge in [-0.15, -0.1) is 0 Å². The first kappa shape index (κ1) is 12.3. The molecule has 1 aliphatic carbocycles. The van der Waals surface area contributed by atoms with Crippen molar-refractivity contribution >= 4 is 0 Å². The Balaban J connectivity index is 2.02. The third-order valence-electron chi connectivity index (χ3n) is 3.76. The Morgan fingerprint density at radius 3 is 2.56 bits per heavy atom. The highest BCUT2D eigenvalue weighted by Crippen LogP contribution is 2.37. The fourth-order valence-electron chi connectivity index (χ4n) is 2.93. The van der Waals surface area contributed by atoms with E-state index in [1.54, 1.807) is 0 Å². The Bertz CT molecular complexity index is 227. The minimum absolute atomic E-state index is 0.277. The summed E-state index contributed by atoms with van der Waals surface area (Å²) in [6.07, 6.45) is 3.14. The van der Waals surface area contributed by atoms with Gasteiger partial charge in [0.15, 0.2) is 5.79 Å². The van der Waals surface area contributed by atoms with Crippen LogP contribution in [0.3, 0.4) is 0 Å². The summed E-state index contributed by atoms with van der Waals surface area (Å²) in [7, 11) is 4.28. The normalized spacial score (nSPS) is 33.8. The molecule has 1 aliphatic heterocycles. The van der Waals surface area contributed by atoms with Gasteiger partial charge in [0.25, 0.3) is 0 Å². The van der Waals surface area contributed by atoms with E-state index < -0.39 is 0 Å². The van der Waals surface area contributed by atoms with Crippen molar-refractivity contribution in [2.24, 2.45) is 0 Å². The molecule has 2 fully saturated rings. The van der Waals surface area contributed by atoms with Gasteiger partial charge in [0.05, 0.1) is 13.2 Å². The minimum Gasteiger partial charge on any atom is -0.347 e. The monoisotopic (exact) mass is 228 g/mol. The van der Waals surface area contributed by atoms with E-state index in [1.165, 1.54) is 0 Å². The van der Waals surface area contributed by atoms with Crippen LogP contribution in [0.15, 0.2) is 0 Å². The average Bonchev–Trinajstić information content (AvgIpc) is 2.70. The second-order valence-electron chi connectivity index (χ2n) is 5.05. The summed E-state index contributed by atoms with van der Waals surface area (Å²) in [4.78, 5) is 2.29. The van der Waals surface area contributed by atoms with E-state index in [4.69, 9.17) is 9.47 Å². The Morgan fingerprint density at radius 1 is 1.31 bits per heavy atom. The van der Waals surface area contributed by atoms with Crippen molar-refractivity contribution in [3.8, 4) is 0 Å². The number of hydrogen-bond acceptors (Lipinski definition) is 4. The summed E-state index contributed by atoms with van der Waals surface area (Å²) in [5.74, 6) is -0.277. The van der Waals surface area contributed by atoms with Crippen LogP contribution in [0, 0.1) is 0 Å². The highest BCUT2D eigenvalue weighted by molar-refractivity contribution is 4.95. The molecule has 1 saturated carbocycles. The molecule has 0 aromatic rings. The van der Waals surface area contributed by atoms with Crippen LogP contribution in [-0.2, 0) is 9.47 Å². The molecule has 4 nitrogen and oxygen atoms in total. The van der Waals surface area contributed by atoms with Crippen molar-refractivity contribution < 1.29 is 9.47 Å². The van der Waals surface area contributed by atoms with Crippen molar-refractivity contribution in [2.75, 3.05) is 33.9 Å². The first-order chi connectivity index (χ1) is 7.67. The second-order valence-corrected chi connectivity index (χ2v) is 5.05. The summed E-state index contributed by atoms with van der Waals surface area (Å²) in [5, 5.41) is 3.57. The Labute approximate surface area is 98.3 Å². The molecule has 2 atom stereocenters. The minimum atomic E-state index is -0.277. The van der Waals surface area contributed by atoms with E-state index in [2.05, 4.69) is 31.2 Å². The lowest BCUT2D eigenvalue weighted by Crippen LogP contribution is -2.56. The number of rotatable bonds is 3. The molecule has 0 bridgehead atoms. The number of likely N-dealkylation sites (N-methyl/N-ethyl adjacent to an activating group) is 2. The highest BCUT2D eigenvalue weighted by Gasteiger charge is 2.45. The predicted octanol–water partition coefficient (Wildman–Crippen LogP) is 0.822. The van der Waals surface area contributed by atoms with Crippen LogP contribution < -0.4 is 5.32 Å². The lowest BCUT2D eigenvalue weighted by molar-refractivity contribution is -0.191. The van der Waals surface area contributed by atoms with E-state index in [-0.39, 0.29) is 5.79 Å². The van der Waals surface area contributed by atoms with Gasteiger partial charge in [-0.2, -0.15) is 0 Å². The van der Waals surface area contributed by atoms with Crippen LogP contribution in [0.1, 0.15) is 26.2 Å². The fourth-order valence-corrected chi connectivity index (χ4v) is 2.93. The number of hydrogen-bond donors (Lipinski definition) is 1. The van der Waals surface area contributed by atoms with E-state index >= 15 is 0 Å². The molecule has 1 heterocycles. The third kappa shape index (κ3) is 2.40. The first-order valence-electron chi connectivity index (χ1n) is 6.34. The molecule has 1 N–H and O–H groups in total. The van der Waals surface area contributed by atoms with Gasteiger partial charge in [0.1, 0.15) is 0 Å². The number of ether oxygens (including phenoxy) is 2. The van der Waals surface area contributed by atoms with E-state index in [9.17, 15) is 0 Å². The lowest BCUT2D eigenvalue weighted by Gasteiger charge is -2.44. The maximum Gasteiger partial charge on any atom is 0.170 e. The van der Waals surface area contributed by atoms with E-state index in [0.29, 0.717) is 12.1 Å². The summed E-state index contributed by atoms with van der Waals surface area (Å²) in [5.41, 5.74) is 0. The van der Waals surface area contributed by atoms with E-state index in [1.807, 2.05) is 0 Å². The van der Waals surface area contributed by atoms with Gasteiger partial charge >= 0.3 is 0 Å². The zero-order chi connectivity index (χ0) is 11.6. The topological polar surface area (TPSA) is 33.7 Å². The van der Waals surface area contributed by atoms with Crippen LogP contribution in [0.25, 0.3) is 0 Å². The Morgan fingerprint density at radius 2 is 2.00 bits per heavy atom. The maximum atomic E-state index is 5.81. The van der Waals surface area contributed by atoms with Gasteiger partial charge in [0.2, 0.25) is 0 Å².